The van der Waals surface area contributed by atoms with Crippen molar-refractivity contribution in [2.75, 3.05) is 18.9 Å². The molecule has 0 spiro atoms. The molecular formula is C14H17FN2O4S. The summed E-state index contributed by atoms with van der Waals surface area (Å²) in [6.45, 7) is 3.33. The van der Waals surface area contributed by atoms with Gasteiger partial charge in [0, 0.05) is 17.6 Å². The number of pyridine rings is 1. The molecule has 22 heavy (non-hydrogen) atoms. The van der Waals surface area contributed by atoms with Gasteiger partial charge in [-0.2, -0.15) is 4.39 Å². The van der Waals surface area contributed by atoms with Crippen LogP contribution in [0.1, 0.15) is 24.2 Å². The van der Waals surface area contributed by atoms with E-state index in [-0.39, 0.29) is 18.7 Å². The number of H-pyrrole nitrogens is 1. The van der Waals surface area contributed by atoms with Crippen molar-refractivity contribution in [1.29, 1.82) is 0 Å². The lowest BCUT2D eigenvalue weighted by Gasteiger charge is -2.04. The molecule has 0 saturated heterocycles. The lowest BCUT2D eigenvalue weighted by atomic mass is 10.2. The van der Waals surface area contributed by atoms with E-state index in [1.807, 2.05) is 6.92 Å². The van der Waals surface area contributed by atoms with Gasteiger partial charge in [-0.05, 0) is 24.8 Å². The maximum absolute atomic E-state index is 13.2. The summed E-state index contributed by atoms with van der Waals surface area (Å²) in [4.78, 5) is 37.8. The van der Waals surface area contributed by atoms with E-state index in [0.717, 1.165) is 16.7 Å². The van der Waals surface area contributed by atoms with Gasteiger partial charge in [-0.25, -0.2) is 4.79 Å². The number of rotatable bonds is 7. The minimum Gasteiger partial charge on any atom is -0.461 e. The molecule has 1 heterocycles. The molecule has 8 heteroatoms. The van der Waals surface area contributed by atoms with Crippen molar-refractivity contribution >= 4 is 23.6 Å². The number of thioether (sulfide) groups is 1. The summed E-state index contributed by atoms with van der Waals surface area (Å²) in [5.41, 5.74) is -0.601. The fourth-order valence-electron chi connectivity index (χ4n) is 1.49. The molecule has 0 bridgehead atoms. The SMILES string of the molecule is CCOC(=O)/C(F)=C/CNC(=O)c1cc(SCC)c[nH]c1=O. The maximum Gasteiger partial charge on any atom is 0.366 e. The van der Waals surface area contributed by atoms with E-state index in [4.69, 9.17) is 0 Å². The van der Waals surface area contributed by atoms with Crippen LogP contribution in [-0.2, 0) is 9.53 Å². The van der Waals surface area contributed by atoms with Crippen LogP contribution in [0.25, 0.3) is 0 Å². The normalized spacial score (nSPS) is 11.1. The van der Waals surface area contributed by atoms with Gasteiger partial charge in [0.15, 0.2) is 0 Å². The number of aromatic amines is 1. The van der Waals surface area contributed by atoms with E-state index in [0.29, 0.717) is 0 Å². The number of halogens is 1. The highest BCUT2D eigenvalue weighted by Gasteiger charge is 2.12. The first-order valence-corrected chi connectivity index (χ1v) is 7.64. The number of carbonyl (C=O) groups excluding carboxylic acids is 2. The molecule has 0 atom stereocenters. The minimum absolute atomic E-state index is 0.0592. The number of hydrogen-bond acceptors (Lipinski definition) is 5. The summed E-state index contributed by atoms with van der Waals surface area (Å²) >= 11 is 1.47. The number of hydrogen-bond donors (Lipinski definition) is 2. The molecule has 1 aromatic heterocycles. The Morgan fingerprint density at radius 3 is 2.82 bits per heavy atom. The van der Waals surface area contributed by atoms with Crippen molar-refractivity contribution in [2.24, 2.45) is 0 Å². The average Bonchev–Trinajstić information content (AvgIpc) is 2.49. The molecule has 0 aliphatic rings. The van der Waals surface area contributed by atoms with Crippen LogP contribution in [0.2, 0.25) is 0 Å². The summed E-state index contributed by atoms with van der Waals surface area (Å²) in [5.74, 6) is -2.03. The summed E-state index contributed by atoms with van der Waals surface area (Å²) < 4.78 is 17.7. The largest absolute Gasteiger partial charge is 0.461 e. The zero-order valence-electron chi connectivity index (χ0n) is 12.3. The molecule has 1 amide bonds. The molecule has 2 N–H and O–H groups in total. The zero-order valence-corrected chi connectivity index (χ0v) is 13.1. The maximum atomic E-state index is 13.2. The van der Waals surface area contributed by atoms with Gasteiger partial charge in [-0.3, -0.25) is 9.59 Å². The third kappa shape index (κ3) is 5.36. The molecule has 0 aliphatic carbocycles. The predicted octanol–water partition coefficient (Wildman–Crippen LogP) is 1.63. The van der Waals surface area contributed by atoms with Crippen LogP contribution in [0.3, 0.4) is 0 Å². The van der Waals surface area contributed by atoms with Gasteiger partial charge >= 0.3 is 5.97 Å². The van der Waals surface area contributed by atoms with E-state index in [2.05, 4.69) is 15.0 Å². The highest BCUT2D eigenvalue weighted by atomic mass is 32.2. The lowest BCUT2D eigenvalue weighted by Crippen LogP contribution is -2.29. The number of amides is 1. The van der Waals surface area contributed by atoms with Crippen LogP contribution in [0.15, 0.2) is 33.9 Å². The van der Waals surface area contributed by atoms with Crippen LogP contribution >= 0.6 is 11.8 Å². The second-order valence-corrected chi connectivity index (χ2v) is 5.33. The standard InChI is InChI=1S/C14H17FN2O4S/c1-3-21-14(20)11(15)5-6-16-12(18)10-7-9(22-4-2)8-17-13(10)19/h5,7-8H,3-4,6H2,1-2H3,(H,16,18)(H,17,19)/b11-5-. The second-order valence-electron chi connectivity index (χ2n) is 3.99. The molecule has 1 rings (SSSR count). The molecular weight excluding hydrogens is 311 g/mol. The number of ether oxygens (including phenoxy) is 1. The van der Waals surface area contributed by atoms with E-state index in [1.165, 1.54) is 24.0 Å². The fourth-order valence-corrected chi connectivity index (χ4v) is 2.17. The van der Waals surface area contributed by atoms with E-state index < -0.39 is 23.3 Å². The van der Waals surface area contributed by atoms with Gasteiger partial charge in [-0.15, -0.1) is 11.8 Å². The average molecular weight is 328 g/mol. The quantitative estimate of drug-likeness (QED) is 0.451. The topological polar surface area (TPSA) is 88.3 Å². The molecule has 120 valence electrons. The van der Waals surface area contributed by atoms with Gasteiger partial charge in [0.2, 0.25) is 5.83 Å². The molecule has 0 aromatic carbocycles. The van der Waals surface area contributed by atoms with Crippen molar-refractivity contribution in [1.82, 2.24) is 10.3 Å². The Labute approximate surface area is 131 Å². The van der Waals surface area contributed by atoms with Crippen LogP contribution in [0.5, 0.6) is 0 Å². The molecule has 0 radical (unpaired) electrons. The van der Waals surface area contributed by atoms with Crippen molar-refractivity contribution in [2.45, 2.75) is 18.7 Å². The number of aromatic nitrogens is 1. The van der Waals surface area contributed by atoms with Crippen LogP contribution in [0, 0.1) is 0 Å². The third-order valence-corrected chi connectivity index (χ3v) is 3.30. The third-order valence-electron chi connectivity index (χ3n) is 2.45. The molecule has 0 aliphatic heterocycles. The summed E-state index contributed by atoms with van der Waals surface area (Å²) in [6, 6.07) is 1.47. The zero-order chi connectivity index (χ0) is 16.5. The highest BCUT2D eigenvalue weighted by Crippen LogP contribution is 2.15. The Bertz CT molecular complexity index is 628. The molecule has 0 fully saturated rings. The highest BCUT2D eigenvalue weighted by molar-refractivity contribution is 7.99. The van der Waals surface area contributed by atoms with E-state index in [9.17, 15) is 18.8 Å². The Morgan fingerprint density at radius 2 is 2.18 bits per heavy atom. The van der Waals surface area contributed by atoms with Crippen molar-refractivity contribution in [3.8, 4) is 0 Å². The van der Waals surface area contributed by atoms with Crippen molar-refractivity contribution < 1.29 is 18.7 Å². The Morgan fingerprint density at radius 1 is 1.45 bits per heavy atom. The number of carbonyl (C=O) groups is 2. The summed E-state index contributed by atoms with van der Waals surface area (Å²) in [7, 11) is 0. The van der Waals surface area contributed by atoms with E-state index >= 15 is 0 Å². The fraction of sp³-hybridized carbons (Fsp3) is 0.357. The second kappa shape index (κ2) is 9.04. The monoisotopic (exact) mass is 328 g/mol. The van der Waals surface area contributed by atoms with E-state index in [1.54, 1.807) is 6.92 Å². The van der Waals surface area contributed by atoms with Gasteiger partial charge in [-0.1, -0.05) is 6.92 Å². The lowest BCUT2D eigenvalue weighted by molar-refractivity contribution is -0.140. The minimum atomic E-state index is -1.09. The Balaban J connectivity index is 2.70. The first kappa shape index (κ1) is 18.0. The van der Waals surface area contributed by atoms with Crippen LogP contribution in [0.4, 0.5) is 4.39 Å². The molecule has 0 unspecified atom stereocenters. The number of nitrogens with one attached hydrogen (secondary N) is 2. The van der Waals surface area contributed by atoms with Gasteiger partial charge in [0.05, 0.1) is 6.61 Å². The molecule has 6 nitrogen and oxygen atoms in total. The van der Waals surface area contributed by atoms with Crippen LogP contribution in [-0.4, -0.2) is 35.8 Å². The first-order valence-electron chi connectivity index (χ1n) is 6.66. The van der Waals surface area contributed by atoms with Crippen molar-refractivity contribution in [3.63, 3.8) is 0 Å². The molecule has 1 aromatic rings. The van der Waals surface area contributed by atoms with Gasteiger partial charge in [0.1, 0.15) is 5.56 Å². The van der Waals surface area contributed by atoms with Gasteiger partial charge < -0.3 is 15.0 Å². The first-order chi connectivity index (χ1) is 10.5. The van der Waals surface area contributed by atoms with Gasteiger partial charge in [0.25, 0.3) is 11.5 Å². The van der Waals surface area contributed by atoms with Crippen molar-refractivity contribution in [3.05, 3.63) is 40.1 Å². The Kier molecular flexibility index (Phi) is 7.38. The summed E-state index contributed by atoms with van der Waals surface area (Å²) in [6.07, 6.45) is 2.41. The number of esters is 1. The Hall–Kier alpha value is -2.09. The predicted molar refractivity (Wildman–Crippen MR) is 81.6 cm³/mol. The smallest absolute Gasteiger partial charge is 0.366 e. The van der Waals surface area contributed by atoms with Crippen LogP contribution < -0.4 is 10.9 Å². The molecule has 0 saturated carbocycles. The summed E-state index contributed by atoms with van der Waals surface area (Å²) in [5, 5.41) is 2.34.